The van der Waals surface area contributed by atoms with Crippen LogP contribution < -0.4 is 24.8 Å². The molecule has 6 nitrogen and oxygen atoms in total. The number of carbonyl (C=O) groups is 1. The summed E-state index contributed by atoms with van der Waals surface area (Å²) >= 11 is 0. The van der Waals surface area contributed by atoms with E-state index < -0.39 is 0 Å². The molecule has 2 aromatic carbocycles. The maximum Gasteiger partial charge on any atom is 0.263 e. The van der Waals surface area contributed by atoms with Crippen LogP contribution in [0.1, 0.15) is 23.2 Å². The minimum absolute atomic E-state index is 0.290. The Bertz CT molecular complexity index is 720. The van der Waals surface area contributed by atoms with E-state index >= 15 is 0 Å². The third-order valence-corrected chi connectivity index (χ3v) is 4.15. The molecule has 1 aliphatic rings. The van der Waals surface area contributed by atoms with Crippen LogP contribution in [0.25, 0.3) is 0 Å². The third kappa shape index (κ3) is 4.67. The lowest BCUT2D eigenvalue weighted by Crippen LogP contribution is -2.22. The van der Waals surface area contributed by atoms with Gasteiger partial charge < -0.3 is 24.8 Å². The summed E-state index contributed by atoms with van der Waals surface area (Å²) in [4.78, 5) is 12.6. The predicted octanol–water partition coefficient (Wildman–Crippen LogP) is 3.09. The van der Waals surface area contributed by atoms with E-state index in [1.54, 1.807) is 18.2 Å². The highest BCUT2D eigenvalue weighted by molar-refractivity contribution is 6.08. The molecule has 26 heavy (non-hydrogen) atoms. The predicted molar refractivity (Wildman–Crippen MR) is 100 cm³/mol. The Morgan fingerprint density at radius 2 is 1.69 bits per heavy atom. The number of carbonyl (C=O) groups excluding carboxylic acids is 1. The van der Waals surface area contributed by atoms with Crippen molar-refractivity contribution < 1.29 is 19.0 Å². The van der Waals surface area contributed by atoms with E-state index in [9.17, 15) is 4.79 Å². The monoisotopic (exact) mass is 356 g/mol. The van der Waals surface area contributed by atoms with Gasteiger partial charge >= 0.3 is 0 Å². The van der Waals surface area contributed by atoms with Gasteiger partial charge in [0.05, 0.1) is 14.2 Å². The summed E-state index contributed by atoms with van der Waals surface area (Å²) < 4.78 is 16.2. The zero-order chi connectivity index (χ0) is 18.4. The molecular formula is C20H24N2O4. The number of hydrogen-bond acceptors (Lipinski definition) is 5. The summed E-state index contributed by atoms with van der Waals surface area (Å²) in [6.45, 7) is 1.47. The molecule has 0 bridgehead atoms. The SMILES string of the molecule is COc1cccc(OC)c1C(=O)Nc1ccc(OCCNC2CC2)cc1. The van der Waals surface area contributed by atoms with E-state index in [0.29, 0.717) is 35.4 Å². The van der Waals surface area contributed by atoms with Crippen LogP contribution in [0.3, 0.4) is 0 Å². The molecule has 2 N–H and O–H groups in total. The fourth-order valence-electron chi connectivity index (χ4n) is 2.62. The van der Waals surface area contributed by atoms with Crippen LogP contribution in [-0.2, 0) is 0 Å². The first-order chi connectivity index (χ1) is 12.7. The van der Waals surface area contributed by atoms with Crippen LogP contribution in [0, 0.1) is 0 Å². The van der Waals surface area contributed by atoms with Crippen LogP contribution >= 0.6 is 0 Å². The van der Waals surface area contributed by atoms with E-state index in [0.717, 1.165) is 12.3 Å². The van der Waals surface area contributed by atoms with E-state index in [1.165, 1.54) is 27.1 Å². The fraction of sp³-hybridized carbons (Fsp3) is 0.350. The number of rotatable bonds is 9. The van der Waals surface area contributed by atoms with Crippen LogP contribution in [0.5, 0.6) is 17.2 Å². The molecule has 0 saturated heterocycles. The van der Waals surface area contributed by atoms with Gasteiger partial charge in [0.1, 0.15) is 29.4 Å². The minimum atomic E-state index is -0.290. The van der Waals surface area contributed by atoms with Crippen molar-refractivity contribution >= 4 is 11.6 Å². The Balaban J connectivity index is 1.59. The average Bonchev–Trinajstić information content (AvgIpc) is 3.50. The van der Waals surface area contributed by atoms with E-state index in [1.807, 2.05) is 24.3 Å². The van der Waals surface area contributed by atoms with Crippen LogP contribution in [0.15, 0.2) is 42.5 Å². The van der Waals surface area contributed by atoms with Crippen molar-refractivity contribution in [3.8, 4) is 17.2 Å². The molecule has 0 aliphatic heterocycles. The lowest BCUT2D eigenvalue weighted by Gasteiger charge is -2.13. The molecule has 6 heteroatoms. The summed E-state index contributed by atoms with van der Waals surface area (Å²) in [7, 11) is 3.05. The smallest absolute Gasteiger partial charge is 0.263 e. The van der Waals surface area contributed by atoms with Crippen molar-refractivity contribution in [2.45, 2.75) is 18.9 Å². The molecule has 1 amide bonds. The van der Waals surface area contributed by atoms with Crippen molar-refractivity contribution in [2.75, 3.05) is 32.7 Å². The summed E-state index contributed by atoms with van der Waals surface area (Å²) in [5.41, 5.74) is 1.04. The van der Waals surface area contributed by atoms with Crippen LogP contribution in [0.2, 0.25) is 0 Å². The first kappa shape index (κ1) is 18.1. The lowest BCUT2D eigenvalue weighted by molar-refractivity contribution is 0.102. The standard InChI is InChI=1S/C20H24N2O4/c1-24-17-4-3-5-18(25-2)19(17)20(23)22-15-8-10-16(11-9-15)26-13-12-21-14-6-7-14/h3-5,8-11,14,21H,6-7,12-13H2,1-2H3,(H,22,23). The number of anilines is 1. The third-order valence-electron chi connectivity index (χ3n) is 4.15. The molecule has 1 fully saturated rings. The highest BCUT2D eigenvalue weighted by Crippen LogP contribution is 2.29. The molecule has 0 unspecified atom stereocenters. The lowest BCUT2D eigenvalue weighted by atomic mass is 10.1. The molecule has 0 spiro atoms. The normalized spacial score (nSPS) is 13.2. The Morgan fingerprint density at radius 1 is 1.04 bits per heavy atom. The number of methoxy groups -OCH3 is 2. The number of ether oxygens (including phenoxy) is 3. The molecule has 1 aliphatic carbocycles. The molecule has 0 aromatic heterocycles. The van der Waals surface area contributed by atoms with Gasteiger partial charge in [0.15, 0.2) is 0 Å². The molecule has 0 heterocycles. The molecule has 3 rings (SSSR count). The summed E-state index contributed by atoms with van der Waals surface area (Å²) in [5, 5.41) is 6.26. The summed E-state index contributed by atoms with van der Waals surface area (Å²) in [6, 6.07) is 13.2. The quantitative estimate of drug-likeness (QED) is 0.676. The Morgan fingerprint density at radius 3 is 2.27 bits per heavy atom. The van der Waals surface area contributed by atoms with E-state index in [4.69, 9.17) is 14.2 Å². The number of benzene rings is 2. The second kappa shape index (κ2) is 8.58. The van der Waals surface area contributed by atoms with Crippen molar-refractivity contribution in [2.24, 2.45) is 0 Å². The highest BCUT2D eigenvalue weighted by atomic mass is 16.5. The van der Waals surface area contributed by atoms with Crippen molar-refractivity contribution in [3.05, 3.63) is 48.0 Å². The second-order valence-electron chi connectivity index (χ2n) is 6.09. The van der Waals surface area contributed by atoms with Crippen molar-refractivity contribution in [3.63, 3.8) is 0 Å². The molecule has 0 atom stereocenters. The Labute approximate surface area is 153 Å². The van der Waals surface area contributed by atoms with Gasteiger partial charge in [-0.3, -0.25) is 4.79 Å². The molecular weight excluding hydrogens is 332 g/mol. The molecule has 0 radical (unpaired) electrons. The van der Waals surface area contributed by atoms with Gasteiger partial charge in [-0.1, -0.05) is 6.07 Å². The highest BCUT2D eigenvalue weighted by Gasteiger charge is 2.20. The topological polar surface area (TPSA) is 68.8 Å². The van der Waals surface area contributed by atoms with Crippen LogP contribution in [-0.4, -0.2) is 39.3 Å². The van der Waals surface area contributed by atoms with Gasteiger partial charge in [-0.2, -0.15) is 0 Å². The number of amides is 1. The van der Waals surface area contributed by atoms with Crippen molar-refractivity contribution in [1.29, 1.82) is 0 Å². The molecule has 138 valence electrons. The minimum Gasteiger partial charge on any atom is -0.496 e. The average molecular weight is 356 g/mol. The number of nitrogens with one attached hydrogen (secondary N) is 2. The van der Waals surface area contributed by atoms with Crippen molar-refractivity contribution in [1.82, 2.24) is 5.32 Å². The van der Waals surface area contributed by atoms with Gasteiger partial charge in [0.2, 0.25) is 0 Å². The van der Waals surface area contributed by atoms with Gasteiger partial charge in [-0.05, 0) is 49.2 Å². The van der Waals surface area contributed by atoms with E-state index in [2.05, 4.69) is 10.6 Å². The van der Waals surface area contributed by atoms with Gasteiger partial charge in [0, 0.05) is 18.3 Å². The van der Waals surface area contributed by atoms with Gasteiger partial charge in [-0.15, -0.1) is 0 Å². The first-order valence-corrected chi connectivity index (χ1v) is 8.70. The van der Waals surface area contributed by atoms with Gasteiger partial charge in [0.25, 0.3) is 5.91 Å². The summed E-state index contributed by atoms with van der Waals surface area (Å²) in [6.07, 6.45) is 2.54. The fourth-order valence-corrected chi connectivity index (χ4v) is 2.62. The largest absolute Gasteiger partial charge is 0.496 e. The maximum atomic E-state index is 12.6. The first-order valence-electron chi connectivity index (χ1n) is 8.70. The van der Waals surface area contributed by atoms with Gasteiger partial charge in [-0.25, -0.2) is 0 Å². The Hall–Kier alpha value is -2.73. The Kier molecular flexibility index (Phi) is 5.96. The zero-order valence-electron chi connectivity index (χ0n) is 15.1. The molecule has 1 saturated carbocycles. The summed E-state index contributed by atoms with van der Waals surface area (Å²) in [5.74, 6) is 1.41. The zero-order valence-corrected chi connectivity index (χ0v) is 15.1. The second-order valence-corrected chi connectivity index (χ2v) is 6.09. The van der Waals surface area contributed by atoms with Crippen LogP contribution in [0.4, 0.5) is 5.69 Å². The molecule has 2 aromatic rings. The maximum absolute atomic E-state index is 12.6. The number of hydrogen-bond donors (Lipinski definition) is 2. The van der Waals surface area contributed by atoms with E-state index in [-0.39, 0.29) is 5.91 Å².